The number of nitrogens with one attached hydrogen (secondary N) is 1. The Morgan fingerprint density at radius 2 is 1.75 bits per heavy atom. The molecule has 3 aromatic carbocycles. The molecule has 0 aliphatic heterocycles. The van der Waals surface area contributed by atoms with Gasteiger partial charge in [-0.2, -0.15) is 0 Å². The van der Waals surface area contributed by atoms with Crippen LogP contribution >= 0.6 is 11.6 Å². The van der Waals surface area contributed by atoms with E-state index in [9.17, 15) is 4.79 Å². The highest BCUT2D eigenvalue weighted by Crippen LogP contribution is 2.30. The fraction of sp³-hybridized carbons (Fsp3) is 0.222. The van der Waals surface area contributed by atoms with Crippen LogP contribution in [0.15, 0.2) is 72.8 Å². The second-order valence-electron chi connectivity index (χ2n) is 7.92. The summed E-state index contributed by atoms with van der Waals surface area (Å²) < 4.78 is 7.71. The summed E-state index contributed by atoms with van der Waals surface area (Å²) in [6, 6.07) is 24.1. The topological polar surface area (TPSA) is 43.3 Å². The highest BCUT2D eigenvalue weighted by Gasteiger charge is 2.17. The standard InChI is InChI=1S/C27H27ClN2O2/c1-19-24(17-27(31)29-15-14-20-6-4-3-5-7-20)25-16-23(32-2)12-13-26(25)30(19)18-21-8-10-22(28)11-9-21/h3-13,16H,14-15,17-18H2,1-2H3,(H,29,31). The number of halogens is 1. The first kappa shape index (κ1) is 22.0. The van der Waals surface area contributed by atoms with Crippen molar-refractivity contribution in [2.24, 2.45) is 0 Å². The van der Waals surface area contributed by atoms with Crippen LogP contribution in [-0.2, 0) is 24.2 Å². The number of hydrogen-bond donors (Lipinski definition) is 1. The summed E-state index contributed by atoms with van der Waals surface area (Å²) in [7, 11) is 1.66. The van der Waals surface area contributed by atoms with Crippen LogP contribution in [0.3, 0.4) is 0 Å². The maximum Gasteiger partial charge on any atom is 0.224 e. The second kappa shape index (κ2) is 9.92. The molecule has 0 aliphatic carbocycles. The van der Waals surface area contributed by atoms with Gasteiger partial charge < -0.3 is 14.6 Å². The van der Waals surface area contributed by atoms with E-state index >= 15 is 0 Å². The number of aromatic nitrogens is 1. The SMILES string of the molecule is COc1ccc2c(c1)c(CC(=O)NCCc1ccccc1)c(C)n2Cc1ccc(Cl)cc1. The van der Waals surface area contributed by atoms with Gasteiger partial charge in [-0.3, -0.25) is 4.79 Å². The molecular formula is C27H27ClN2O2. The summed E-state index contributed by atoms with van der Waals surface area (Å²) >= 11 is 6.05. The predicted molar refractivity (Wildman–Crippen MR) is 131 cm³/mol. The van der Waals surface area contributed by atoms with Crippen molar-refractivity contribution < 1.29 is 9.53 Å². The number of ether oxygens (including phenoxy) is 1. The quantitative estimate of drug-likeness (QED) is 0.385. The molecule has 1 N–H and O–H groups in total. The van der Waals surface area contributed by atoms with E-state index in [1.165, 1.54) is 5.56 Å². The fourth-order valence-electron chi connectivity index (χ4n) is 4.07. The van der Waals surface area contributed by atoms with Crippen LogP contribution < -0.4 is 10.1 Å². The van der Waals surface area contributed by atoms with E-state index < -0.39 is 0 Å². The van der Waals surface area contributed by atoms with E-state index in [0.29, 0.717) is 19.5 Å². The lowest BCUT2D eigenvalue weighted by Crippen LogP contribution is -2.27. The van der Waals surface area contributed by atoms with Crippen molar-refractivity contribution in [2.45, 2.75) is 26.3 Å². The summed E-state index contributed by atoms with van der Waals surface area (Å²) in [5.74, 6) is 0.810. The average molecular weight is 447 g/mol. The Bertz CT molecular complexity index is 1210. The van der Waals surface area contributed by atoms with Crippen LogP contribution in [0.4, 0.5) is 0 Å². The van der Waals surface area contributed by atoms with Gasteiger partial charge in [0.25, 0.3) is 0 Å². The van der Waals surface area contributed by atoms with E-state index in [1.807, 2.05) is 54.6 Å². The van der Waals surface area contributed by atoms with Crippen molar-refractivity contribution in [3.05, 3.63) is 100 Å². The summed E-state index contributed by atoms with van der Waals surface area (Å²) in [6.45, 7) is 3.41. The minimum atomic E-state index is 0.0254. The van der Waals surface area contributed by atoms with E-state index in [2.05, 4.69) is 35.0 Å². The molecule has 32 heavy (non-hydrogen) atoms. The molecule has 164 valence electrons. The Kier molecular flexibility index (Phi) is 6.81. The summed E-state index contributed by atoms with van der Waals surface area (Å²) in [6.07, 6.45) is 1.15. The minimum absolute atomic E-state index is 0.0254. The Hall–Kier alpha value is -3.24. The first-order valence-electron chi connectivity index (χ1n) is 10.8. The van der Waals surface area contributed by atoms with Crippen LogP contribution in [0, 0.1) is 6.92 Å². The fourth-order valence-corrected chi connectivity index (χ4v) is 4.20. The number of carbonyl (C=O) groups is 1. The number of amides is 1. The first-order chi connectivity index (χ1) is 15.5. The molecular weight excluding hydrogens is 420 g/mol. The highest BCUT2D eigenvalue weighted by atomic mass is 35.5. The minimum Gasteiger partial charge on any atom is -0.497 e. The van der Waals surface area contributed by atoms with Gasteiger partial charge >= 0.3 is 0 Å². The monoisotopic (exact) mass is 446 g/mol. The lowest BCUT2D eigenvalue weighted by Gasteiger charge is -2.10. The summed E-state index contributed by atoms with van der Waals surface area (Å²) in [5, 5.41) is 4.84. The smallest absolute Gasteiger partial charge is 0.224 e. The van der Waals surface area contributed by atoms with Gasteiger partial charge in [0.15, 0.2) is 0 Å². The molecule has 4 aromatic rings. The molecule has 0 aliphatic rings. The van der Waals surface area contributed by atoms with Crippen molar-refractivity contribution in [1.82, 2.24) is 9.88 Å². The van der Waals surface area contributed by atoms with Crippen LogP contribution in [-0.4, -0.2) is 24.1 Å². The van der Waals surface area contributed by atoms with Gasteiger partial charge in [-0.05, 0) is 60.4 Å². The highest BCUT2D eigenvalue weighted by molar-refractivity contribution is 6.30. The molecule has 0 atom stereocenters. The zero-order valence-electron chi connectivity index (χ0n) is 18.4. The van der Waals surface area contributed by atoms with Crippen LogP contribution in [0.1, 0.15) is 22.4 Å². The second-order valence-corrected chi connectivity index (χ2v) is 8.36. The van der Waals surface area contributed by atoms with E-state index in [-0.39, 0.29) is 5.91 Å². The number of hydrogen-bond acceptors (Lipinski definition) is 2. The van der Waals surface area contributed by atoms with Crippen LogP contribution in [0.5, 0.6) is 5.75 Å². The number of benzene rings is 3. The molecule has 0 saturated heterocycles. The third-order valence-electron chi connectivity index (χ3n) is 5.83. The van der Waals surface area contributed by atoms with Crippen LogP contribution in [0.25, 0.3) is 10.9 Å². The molecule has 4 rings (SSSR count). The Morgan fingerprint density at radius 1 is 1.00 bits per heavy atom. The van der Waals surface area contributed by atoms with Crippen LogP contribution in [0.2, 0.25) is 5.02 Å². The Labute approximate surface area is 193 Å². The van der Waals surface area contributed by atoms with Crippen molar-refractivity contribution >= 4 is 28.4 Å². The number of carbonyl (C=O) groups excluding carboxylic acids is 1. The Balaban J connectivity index is 1.57. The molecule has 0 unspecified atom stereocenters. The number of fused-ring (bicyclic) bond motifs is 1. The third-order valence-corrected chi connectivity index (χ3v) is 6.08. The largest absolute Gasteiger partial charge is 0.497 e. The molecule has 4 nitrogen and oxygen atoms in total. The molecule has 1 aromatic heterocycles. The molecule has 0 radical (unpaired) electrons. The maximum absolute atomic E-state index is 12.8. The van der Waals surface area contributed by atoms with Crippen molar-refractivity contribution in [3.8, 4) is 5.75 Å². The van der Waals surface area contributed by atoms with Gasteiger partial charge in [-0.15, -0.1) is 0 Å². The van der Waals surface area contributed by atoms with Gasteiger partial charge in [0.1, 0.15) is 5.75 Å². The maximum atomic E-state index is 12.8. The molecule has 0 fully saturated rings. The summed E-state index contributed by atoms with van der Waals surface area (Å²) in [4.78, 5) is 12.8. The molecule has 1 heterocycles. The lowest BCUT2D eigenvalue weighted by atomic mass is 10.1. The van der Waals surface area contributed by atoms with Gasteiger partial charge in [0.2, 0.25) is 5.91 Å². The van der Waals surface area contributed by atoms with Crippen molar-refractivity contribution in [3.63, 3.8) is 0 Å². The van der Waals surface area contributed by atoms with Crippen molar-refractivity contribution in [1.29, 1.82) is 0 Å². The van der Waals surface area contributed by atoms with Gasteiger partial charge in [0, 0.05) is 34.7 Å². The van der Waals surface area contributed by atoms with E-state index in [1.54, 1.807) is 7.11 Å². The van der Waals surface area contributed by atoms with Gasteiger partial charge in [0.05, 0.1) is 13.5 Å². The molecule has 0 bridgehead atoms. The normalized spacial score (nSPS) is 11.0. The summed E-state index contributed by atoms with van der Waals surface area (Å²) in [5.41, 5.74) is 5.58. The molecule has 5 heteroatoms. The van der Waals surface area contributed by atoms with Gasteiger partial charge in [-0.1, -0.05) is 54.1 Å². The Morgan fingerprint density at radius 3 is 2.47 bits per heavy atom. The van der Waals surface area contributed by atoms with E-state index in [4.69, 9.17) is 16.3 Å². The zero-order chi connectivity index (χ0) is 22.5. The van der Waals surface area contributed by atoms with E-state index in [0.717, 1.165) is 44.9 Å². The average Bonchev–Trinajstić information content (AvgIpc) is 3.06. The van der Waals surface area contributed by atoms with Gasteiger partial charge in [-0.25, -0.2) is 0 Å². The molecule has 1 amide bonds. The number of rotatable bonds is 8. The number of methoxy groups -OCH3 is 1. The predicted octanol–water partition coefficient (Wildman–Crippen LogP) is 5.56. The zero-order valence-corrected chi connectivity index (χ0v) is 19.2. The third kappa shape index (κ3) is 4.97. The molecule has 0 saturated carbocycles. The first-order valence-corrected chi connectivity index (χ1v) is 11.1. The number of nitrogens with zero attached hydrogens (tertiary/aromatic N) is 1. The molecule has 0 spiro atoms. The van der Waals surface area contributed by atoms with Crippen molar-refractivity contribution in [2.75, 3.05) is 13.7 Å². The lowest BCUT2D eigenvalue weighted by molar-refractivity contribution is -0.120.